The van der Waals surface area contributed by atoms with Crippen molar-refractivity contribution in [2.75, 3.05) is 0 Å². The van der Waals surface area contributed by atoms with Gasteiger partial charge in [-0.15, -0.1) is 0 Å². The first-order chi connectivity index (χ1) is 10.1. The normalized spacial score (nSPS) is 22.1. The van der Waals surface area contributed by atoms with E-state index in [0.717, 1.165) is 22.9 Å². The lowest BCUT2D eigenvalue weighted by atomic mass is 9.88. The number of para-hydroxylation sites is 1. The largest absolute Gasteiger partial charge is 0.474 e. The molecule has 0 amide bonds. The van der Waals surface area contributed by atoms with Crippen molar-refractivity contribution in [3.63, 3.8) is 0 Å². The van der Waals surface area contributed by atoms with Crippen LogP contribution in [0.2, 0.25) is 0 Å². The van der Waals surface area contributed by atoms with Crippen LogP contribution in [0.15, 0.2) is 30.3 Å². The topological polar surface area (TPSA) is 48.1 Å². The first kappa shape index (κ1) is 14.3. The Morgan fingerprint density at radius 3 is 2.81 bits per heavy atom. The van der Waals surface area contributed by atoms with Crippen LogP contribution in [0.3, 0.4) is 0 Å². The molecule has 1 heterocycles. The van der Waals surface area contributed by atoms with Gasteiger partial charge in [0.2, 0.25) is 5.88 Å². The molecular weight excluding hydrogens is 280 g/mol. The van der Waals surface area contributed by atoms with Crippen molar-refractivity contribution in [1.82, 2.24) is 4.98 Å². The predicted molar refractivity (Wildman–Crippen MR) is 89.7 cm³/mol. The summed E-state index contributed by atoms with van der Waals surface area (Å²) in [5.41, 5.74) is 7.58. The van der Waals surface area contributed by atoms with E-state index < -0.39 is 0 Å². The zero-order valence-electron chi connectivity index (χ0n) is 12.2. The van der Waals surface area contributed by atoms with Gasteiger partial charge in [0.15, 0.2) is 0 Å². The molecule has 3 nitrogen and oxygen atoms in total. The number of pyridine rings is 1. The summed E-state index contributed by atoms with van der Waals surface area (Å²) < 4.78 is 6.14. The van der Waals surface area contributed by atoms with E-state index in [4.69, 9.17) is 22.7 Å². The Bertz CT molecular complexity index is 671. The fourth-order valence-corrected chi connectivity index (χ4v) is 3.20. The Balaban J connectivity index is 1.97. The number of ether oxygens (including phenoxy) is 1. The number of hydrogen-bond acceptors (Lipinski definition) is 3. The number of hydrogen-bond donors (Lipinski definition) is 1. The molecule has 2 aromatic rings. The van der Waals surface area contributed by atoms with Gasteiger partial charge in [-0.25, -0.2) is 4.98 Å². The standard InChI is InChI=1S/C17H20N2OS/c1-11-6-2-5-9-15(11)20-16-10-13(17(18)21)12-7-3-4-8-14(12)19-16/h3-4,7-8,10-11,15H,2,5-6,9H2,1H3,(H2,18,21). The number of nitrogens with zero attached hydrogens (tertiary/aromatic N) is 1. The Morgan fingerprint density at radius 1 is 1.29 bits per heavy atom. The van der Waals surface area contributed by atoms with E-state index in [-0.39, 0.29) is 6.10 Å². The van der Waals surface area contributed by atoms with Crippen LogP contribution in [0.25, 0.3) is 10.9 Å². The molecule has 1 aromatic carbocycles. The van der Waals surface area contributed by atoms with E-state index >= 15 is 0 Å². The number of rotatable bonds is 3. The van der Waals surface area contributed by atoms with Crippen LogP contribution in [0, 0.1) is 5.92 Å². The van der Waals surface area contributed by atoms with Gasteiger partial charge >= 0.3 is 0 Å². The summed E-state index contributed by atoms with van der Waals surface area (Å²) in [6.45, 7) is 2.25. The molecule has 110 valence electrons. The highest BCUT2D eigenvalue weighted by molar-refractivity contribution is 7.80. The number of benzene rings is 1. The van der Waals surface area contributed by atoms with Crippen molar-refractivity contribution in [1.29, 1.82) is 0 Å². The average molecular weight is 300 g/mol. The summed E-state index contributed by atoms with van der Waals surface area (Å²) in [6, 6.07) is 9.77. The molecule has 3 rings (SSSR count). The van der Waals surface area contributed by atoms with Crippen molar-refractivity contribution in [3.05, 3.63) is 35.9 Å². The fraction of sp³-hybridized carbons (Fsp3) is 0.412. The highest BCUT2D eigenvalue weighted by Crippen LogP contribution is 2.29. The average Bonchev–Trinajstić information content (AvgIpc) is 2.48. The molecule has 2 unspecified atom stereocenters. The summed E-state index contributed by atoms with van der Waals surface area (Å²) in [6.07, 6.45) is 5.08. The van der Waals surface area contributed by atoms with Crippen molar-refractivity contribution in [2.24, 2.45) is 11.7 Å². The van der Waals surface area contributed by atoms with Crippen LogP contribution in [-0.2, 0) is 0 Å². The molecule has 1 aromatic heterocycles. The molecule has 21 heavy (non-hydrogen) atoms. The molecule has 1 saturated carbocycles. The van der Waals surface area contributed by atoms with Crippen molar-refractivity contribution >= 4 is 28.1 Å². The highest BCUT2D eigenvalue weighted by atomic mass is 32.1. The fourth-order valence-electron chi connectivity index (χ4n) is 3.03. The third-order valence-corrected chi connectivity index (χ3v) is 4.48. The lowest BCUT2D eigenvalue weighted by molar-refractivity contribution is 0.0980. The SMILES string of the molecule is CC1CCCCC1Oc1cc(C(N)=S)c2ccccc2n1. The van der Waals surface area contributed by atoms with Crippen molar-refractivity contribution in [3.8, 4) is 5.88 Å². The van der Waals surface area contributed by atoms with Crippen molar-refractivity contribution < 1.29 is 4.74 Å². The summed E-state index contributed by atoms with van der Waals surface area (Å²) in [4.78, 5) is 4.99. The van der Waals surface area contributed by atoms with E-state index in [1.54, 1.807) is 0 Å². The van der Waals surface area contributed by atoms with E-state index in [1.165, 1.54) is 19.3 Å². The second-order valence-corrected chi connectivity index (χ2v) is 6.25. The van der Waals surface area contributed by atoms with Gasteiger partial charge in [-0.05, 0) is 31.2 Å². The van der Waals surface area contributed by atoms with E-state index in [1.807, 2.05) is 30.3 Å². The minimum atomic E-state index is 0.242. The zero-order chi connectivity index (χ0) is 14.8. The van der Waals surface area contributed by atoms with E-state index in [9.17, 15) is 0 Å². The maximum Gasteiger partial charge on any atom is 0.214 e. The first-order valence-corrected chi connectivity index (χ1v) is 7.92. The van der Waals surface area contributed by atoms with Gasteiger partial charge in [0.1, 0.15) is 11.1 Å². The Hall–Kier alpha value is -1.68. The minimum absolute atomic E-state index is 0.242. The monoisotopic (exact) mass is 300 g/mol. The van der Waals surface area contributed by atoms with Gasteiger partial charge in [-0.3, -0.25) is 0 Å². The minimum Gasteiger partial charge on any atom is -0.474 e. The molecule has 0 saturated heterocycles. The molecule has 2 N–H and O–H groups in total. The first-order valence-electron chi connectivity index (χ1n) is 7.51. The molecule has 0 radical (unpaired) electrons. The van der Waals surface area contributed by atoms with Crippen LogP contribution in [0.1, 0.15) is 38.2 Å². The smallest absolute Gasteiger partial charge is 0.214 e. The Labute approximate surface area is 130 Å². The molecule has 1 aliphatic rings. The number of nitrogens with two attached hydrogens (primary N) is 1. The van der Waals surface area contributed by atoms with Gasteiger partial charge in [-0.2, -0.15) is 0 Å². The number of thiocarbonyl (C=S) groups is 1. The molecule has 0 spiro atoms. The van der Waals surface area contributed by atoms with Crippen LogP contribution in [-0.4, -0.2) is 16.1 Å². The number of fused-ring (bicyclic) bond motifs is 1. The van der Waals surface area contributed by atoms with E-state index in [0.29, 0.717) is 16.8 Å². The highest BCUT2D eigenvalue weighted by Gasteiger charge is 2.23. The van der Waals surface area contributed by atoms with Gasteiger partial charge in [-0.1, -0.05) is 43.8 Å². The van der Waals surface area contributed by atoms with Crippen LogP contribution in [0.4, 0.5) is 0 Å². The molecule has 0 aliphatic heterocycles. The summed E-state index contributed by atoms with van der Waals surface area (Å²) in [5.74, 6) is 1.20. The molecule has 1 fully saturated rings. The van der Waals surface area contributed by atoms with Gasteiger partial charge in [0, 0.05) is 17.0 Å². The summed E-state index contributed by atoms with van der Waals surface area (Å²) in [7, 11) is 0. The third-order valence-electron chi connectivity index (χ3n) is 4.26. The third kappa shape index (κ3) is 3.00. The lowest BCUT2D eigenvalue weighted by Crippen LogP contribution is -2.28. The quantitative estimate of drug-likeness (QED) is 0.875. The van der Waals surface area contributed by atoms with Gasteiger partial charge in [0.05, 0.1) is 5.52 Å². The molecule has 4 heteroatoms. The Morgan fingerprint density at radius 2 is 2.05 bits per heavy atom. The number of aromatic nitrogens is 1. The van der Waals surface area contributed by atoms with Crippen LogP contribution < -0.4 is 10.5 Å². The second-order valence-electron chi connectivity index (χ2n) is 5.81. The molecule has 0 bridgehead atoms. The maximum absolute atomic E-state index is 6.14. The molecular formula is C17H20N2OS. The summed E-state index contributed by atoms with van der Waals surface area (Å²) in [5, 5.41) is 0.981. The lowest BCUT2D eigenvalue weighted by Gasteiger charge is -2.29. The second kappa shape index (κ2) is 5.98. The Kier molecular flexibility index (Phi) is 4.06. The molecule has 1 aliphatic carbocycles. The maximum atomic E-state index is 6.14. The predicted octanol–water partition coefficient (Wildman–Crippen LogP) is 3.83. The summed E-state index contributed by atoms with van der Waals surface area (Å²) >= 11 is 5.17. The van der Waals surface area contributed by atoms with Crippen LogP contribution >= 0.6 is 12.2 Å². The van der Waals surface area contributed by atoms with E-state index in [2.05, 4.69) is 11.9 Å². The van der Waals surface area contributed by atoms with Crippen LogP contribution in [0.5, 0.6) is 5.88 Å². The molecule has 2 atom stereocenters. The van der Waals surface area contributed by atoms with Gasteiger partial charge in [0.25, 0.3) is 0 Å². The zero-order valence-corrected chi connectivity index (χ0v) is 13.0. The van der Waals surface area contributed by atoms with Gasteiger partial charge < -0.3 is 10.5 Å². The van der Waals surface area contributed by atoms with Crippen molar-refractivity contribution in [2.45, 2.75) is 38.7 Å².